The summed E-state index contributed by atoms with van der Waals surface area (Å²) in [6.45, 7) is 4.12. The number of hydrogen-bond donors (Lipinski definition) is 1. The highest BCUT2D eigenvalue weighted by Gasteiger charge is 2.24. The Balaban J connectivity index is 1.42. The molecule has 1 atom stereocenters. The van der Waals surface area contributed by atoms with Crippen molar-refractivity contribution >= 4 is 21.8 Å². The smallest absolute Gasteiger partial charge is 0.338 e. The number of aromatic nitrogens is 1. The van der Waals surface area contributed by atoms with Gasteiger partial charge >= 0.3 is 5.97 Å². The molecular weight excluding hydrogens is 472 g/mol. The van der Waals surface area contributed by atoms with Gasteiger partial charge in [-0.15, -0.1) is 0 Å². The van der Waals surface area contributed by atoms with Gasteiger partial charge in [0.2, 0.25) is 15.8 Å². The van der Waals surface area contributed by atoms with Crippen LogP contribution in [0.3, 0.4) is 0 Å². The van der Waals surface area contributed by atoms with E-state index in [0.717, 1.165) is 11.4 Å². The number of para-hydroxylation sites is 2. The number of benzene rings is 2. The molecule has 9 nitrogen and oxygen atoms in total. The number of sulfonamides is 1. The number of ketones is 1. The SMILES string of the molecule is CNS(=O)(=O)c1cccc(C(=O)OCC(=O)c2cc(C)n(C[C@@H]3COc4ccccc4O3)c2C)c1. The fourth-order valence-corrected chi connectivity index (χ4v) is 4.70. The number of esters is 1. The predicted molar refractivity (Wildman–Crippen MR) is 128 cm³/mol. The molecule has 0 aliphatic carbocycles. The molecule has 0 spiro atoms. The number of aryl methyl sites for hydroxylation is 1. The third kappa shape index (κ3) is 5.23. The van der Waals surface area contributed by atoms with Gasteiger partial charge in [0.25, 0.3) is 0 Å². The highest BCUT2D eigenvalue weighted by atomic mass is 32.2. The zero-order chi connectivity index (χ0) is 25.2. The Morgan fingerprint density at radius 2 is 1.83 bits per heavy atom. The summed E-state index contributed by atoms with van der Waals surface area (Å²) in [4.78, 5) is 25.2. The molecule has 1 N–H and O–H groups in total. The molecule has 2 heterocycles. The normalized spacial score (nSPS) is 15.0. The van der Waals surface area contributed by atoms with Crippen LogP contribution in [-0.4, -0.2) is 51.1 Å². The number of hydrogen-bond acceptors (Lipinski definition) is 7. The lowest BCUT2D eigenvalue weighted by molar-refractivity contribution is 0.0474. The van der Waals surface area contributed by atoms with Crippen molar-refractivity contribution in [2.45, 2.75) is 31.4 Å². The topological polar surface area (TPSA) is 113 Å². The highest BCUT2D eigenvalue weighted by molar-refractivity contribution is 7.89. The predicted octanol–water partition coefficient (Wildman–Crippen LogP) is 2.89. The van der Waals surface area contributed by atoms with Crippen LogP contribution in [0.25, 0.3) is 0 Å². The van der Waals surface area contributed by atoms with Gasteiger partial charge in [-0.2, -0.15) is 0 Å². The number of fused-ring (bicyclic) bond motifs is 1. The average Bonchev–Trinajstić information content (AvgIpc) is 3.15. The van der Waals surface area contributed by atoms with Gasteiger partial charge in [-0.1, -0.05) is 18.2 Å². The molecule has 0 unspecified atom stereocenters. The van der Waals surface area contributed by atoms with Crippen LogP contribution in [0, 0.1) is 13.8 Å². The van der Waals surface area contributed by atoms with Crippen LogP contribution in [0.15, 0.2) is 59.5 Å². The Morgan fingerprint density at radius 1 is 1.09 bits per heavy atom. The van der Waals surface area contributed by atoms with E-state index in [0.29, 0.717) is 30.2 Å². The van der Waals surface area contributed by atoms with Crippen molar-refractivity contribution in [2.75, 3.05) is 20.3 Å². The van der Waals surface area contributed by atoms with Crippen molar-refractivity contribution in [3.05, 3.63) is 77.1 Å². The Hall–Kier alpha value is -3.63. The molecule has 0 amide bonds. The molecular formula is C25H26N2O7S. The first-order valence-corrected chi connectivity index (χ1v) is 12.5. The first-order chi connectivity index (χ1) is 16.7. The maximum absolute atomic E-state index is 12.8. The highest BCUT2D eigenvalue weighted by Crippen LogP contribution is 2.31. The van der Waals surface area contributed by atoms with Gasteiger partial charge in [-0.05, 0) is 57.3 Å². The van der Waals surface area contributed by atoms with Crippen LogP contribution in [0.1, 0.15) is 32.1 Å². The molecule has 4 rings (SSSR count). The van der Waals surface area contributed by atoms with Gasteiger partial charge in [0.05, 0.1) is 17.0 Å². The van der Waals surface area contributed by atoms with Crippen LogP contribution >= 0.6 is 0 Å². The van der Waals surface area contributed by atoms with E-state index in [-0.39, 0.29) is 22.3 Å². The van der Waals surface area contributed by atoms with E-state index < -0.39 is 22.6 Å². The van der Waals surface area contributed by atoms with Crippen LogP contribution < -0.4 is 14.2 Å². The Morgan fingerprint density at radius 3 is 2.57 bits per heavy atom. The molecule has 0 radical (unpaired) electrons. The second-order valence-electron chi connectivity index (χ2n) is 8.13. The summed E-state index contributed by atoms with van der Waals surface area (Å²) in [6.07, 6.45) is -0.225. The van der Waals surface area contributed by atoms with Gasteiger partial charge in [0.15, 0.2) is 24.2 Å². The summed E-state index contributed by atoms with van der Waals surface area (Å²) in [5.74, 6) is 0.243. The molecule has 1 aliphatic rings. The van der Waals surface area contributed by atoms with Crippen LogP contribution in [-0.2, 0) is 21.3 Å². The van der Waals surface area contributed by atoms with Crippen LogP contribution in [0.2, 0.25) is 0 Å². The first kappa shape index (κ1) is 24.5. The number of carbonyl (C=O) groups excluding carboxylic acids is 2. The third-order valence-corrected chi connectivity index (χ3v) is 7.22. The molecule has 2 aromatic carbocycles. The minimum Gasteiger partial charge on any atom is -0.486 e. The maximum Gasteiger partial charge on any atom is 0.338 e. The summed E-state index contributed by atoms with van der Waals surface area (Å²) in [7, 11) is -2.43. The number of nitrogens with zero attached hydrogens (tertiary/aromatic N) is 1. The van der Waals surface area contributed by atoms with Crippen molar-refractivity contribution in [1.82, 2.24) is 9.29 Å². The van der Waals surface area contributed by atoms with E-state index in [9.17, 15) is 18.0 Å². The fourth-order valence-electron chi connectivity index (χ4n) is 3.92. The van der Waals surface area contributed by atoms with Crippen molar-refractivity contribution in [2.24, 2.45) is 0 Å². The molecule has 35 heavy (non-hydrogen) atoms. The molecule has 1 aliphatic heterocycles. The number of ether oxygens (including phenoxy) is 3. The number of carbonyl (C=O) groups is 2. The average molecular weight is 499 g/mol. The van der Waals surface area contributed by atoms with E-state index in [1.807, 2.05) is 42.7 Å². The largest absolute Gasteiger partial charge is 0.486 e. The van der Waals surface area contributed by atoms with Crippen molar-refractivity contribution < 1.29 is 32.2 Å². The summed E-state index contributed by atoms with van der Waals surface area (Å²) in [5, 5.41) is 0. The summed E-state index contributed by atoms with van der Waals surface area (Å²) in [5.41, 5.74) is 2.07. The molecule has 0 saturated carbocycles. The zero-order valence-electron chi connectivity index (χ0n) is 19.6. The van der Waals surface area contributed by atoms with Crippen molar-refractivity contribution in [1.29, 1.82) is 0 Å². The van der Waals surface area contributed by atoms with Crippen molar-refractivity contribution in [3.63, 3.8) is 0 Å². The summed E-state index contributed by atoms with van der Waals surface area (Å²) >= 11 is 0. The van der Waals surface area contributed by atoms with Gasteiger partial charge in [-0.25, -0.2) is 17.9 Å². The Bertz CT molecular complexity index is 1380. The molecule has 184 valence electrons. The minimum atomic E-state index is -3.71. The second kappa shape index (κ2) is 9.93. The lowest BCUT2D eigenvalue weighted by Gasteiger charge is -2.27. The van der Waals surface area contributed by atoms with Crippen LogP contribution in [0.5, 0.6) is 11.5 Å². The van der Waals surface area contributed by atoms with E-state index >= 15 is 0 Å². The molecule has 0 saturated heterocycles. The third-order valence-electron chi connectivity index (χ3n) is 5.81. The molecule has 10 heteroatoms. The van der Waals surface area contributed by atoms with Gasteiger partial charge in [0.1, 0.15) is 6.61 Å². The van der Waals surface area contributed by atoms with E-state index in [2.05, 4.69) is 4.72 Å². The number of nitrogens with one attached hydrogen (secondary N) is 1. The monoisotopic (exact) mass is 498 g/mol. The lowest BCUT2D eigenvalue weighted by Crippen LogP contribution is -2.33. The molecule has 3 aromatic rings. The summed E-state index contributed by atoms with van der Waals surface area (Å²) in [6, 6.07) is 14.7. The van der Waals surface area contributed by atoms with Gasteiger partial charge in [0, 0.05) is 17.0 Å². The molecule has 1 aromatic heterocycles. The van der Waals surface area contributed by atoms with E-state index in [4.69, 9.17) is 14.2 Å². The van der Waals surface area contributed by atoms with Crippen LogP contribution in [0.4, 0.5) is 0 Å². The van der Waals surface area contributed by atoms with E-state index in [1.54, 1.807) is 6.07 Å². The Labute approximate surface area is 203 Å². The molecule has 0 fully saturated rings. The quantitative estimate of drug-likeness (QED) is 0.375. The molecule has 0 bridgehead atoms. The lowest BCUT2D eigenvalue weighted by atomic mass is 10.1. The number of rotatable bonds is 8. The Kier molecular flexibility index (Phi) is 6.95. The fraction of sp³-hybridized carbons (Fsp3) is 0.280. The zero-order valence-corrected chi connectivity index (χ0v) is 20.4. The van der Waals surface area contributed by atoms with Gasteiger partial charge in [-0.3, -0.25) is 4.79 Å². The minimum absolute atomic E-state index is 0.0364. The standard InChI is InChI=1S/C25H26N2O7S/c1-16-11-21(17(2)27(16)13-19-14-32-23-9-4-5-10-24(23)34-19)22(28)15-33-25(29)18-7-6-8-20(12-18)35(30,31)26-3/h4-12,19,26H,13-15H2,1-3H3/t19-/m1/s1. The maximum atomic E-state index is 12.8. The van der Waals surface area contributed by atoms with Gasteiger partial charge < -0.3 is 18.8 Å². The van der Waals surface area contributed by atoms with E-state index in [1.165, 1.54) is 31.3 Å². The number of Topliss-reactive ketones (excluding diaryl/α,β-unsaturated/α-hetero) is 1. The first-order valence-electron chi connectivity index (χ1n) is 11.0. The summed E-state index contributed by atoms with van der Waals surface area (Å²) < 4.78 is 45.1. The second-order valence-corrected chi connectivity index (χ2v) is 10.0. The van der Waals surface area contributed by atoms with Crippen molar-refractivity contribution in [3.8, 4) is 11.5 Å².